The molecule has 0 spiro atoms. The number of hydrogen-bond donors (Lipinski definition) is 3. The highest BCUT2D eigenvalue weighted by molar-refractivity contribution is 7.80. The van der Waals surface area contributed by atoms with E-state index in [2.05, 4.69) is 22.9 Å². The Hall–Kier alpha value is -3.91. The van der Waals surface area contributed by atoms with Crippen LogP contribution >= 0.6 is 12.2 Å². The fourth-order valence-corrected chi connectivity index (χ4v) is 3.37. The lowest BCUT2D eigenvalue weighted by Gasteiger charge is -2.14. The number of para-hydroxylation sites is 2. The normalized spacial score (nSPS) is 10.2. The molecule has 0 aliphatic rings. The van der Waals surface area contributed by atoms with E-state index >= 15 is 0 Å². The maximum atomic E-state index is 12.8. The Kier molecular flexibility index (Phi) is 10.1. The topological polar surface area (TPSA) is 88.7 Å². The van der Waals surface area contributed by atoms with E-state index in [0.717, 1.165) is 18.6 Å². The quantitative estimate of drug-likeness (QED) is 0.264. The van der Waals surface area contributed by atoms with Gasteiger partial charge in [0, 0.05) is 17.8 Å². The van der Waals surface area contributed by atoms with Gasteiger partial charge in [0.05, 0.1) is 5.56 Å². The lowest BCUT2D eigenvalue weighted by molar-refractivity contribution is 0.0950. The van der Waals surface area contributed by atoms with Crippen LogP contribution in [0.3, 0.4) is 0 Å². The average molecular weight is 492 g/mol. The lowest BCUT2D eigenvalue weighted by atomic mass is 10.2. The summed E-state index contributed by atoms with van der Waals surface area (Å²) >= 11 is 5.31. The first-order valence-corrected chi connectivity index (χ1v) is 11.9. The Morgan fingerprint density at radius 3 is 2.40 bits per heavy atom. The molecule has 0 saturated heterocycles. The number of rotatable bonds is 11. The number of anilines is 1. The second kappa shape index (κ2) is 13.7. The van der Waals surface area contributed by atoms with Gasteiger partial charge in [-0.1, -0.05) is 49.7 Å². The van der Waals surface area contributed by atoms with Crippen molar-refractivity contribution in [3.63, 3.8) is 0 Å². The Morgan fingerprint density at radius 2 is 1.60 bits per heavy atom. The molecule has 0 atom stereocenters. The van der Waals surface area contributed by atoms with Crippen molar-refractivity contribution in [2.75, 3.05) is 25.1 Å². The number of amides is 2. The molecule has 182 valence electrons. The summed E-state index contributed by atoms with van der Waals surface area (Å²) in [5.41, 5.74) is 1.46. The fourth-order valence-electron chi connectivity index (χ4n) is 3.16. The molecule has 3 aromatic rings. The smallest absolute Gasteiger partial charge is 0.261 e. The van der Waals surface area contributed by atoms with E-state index in [4.69, 9.17) is 21.7 Å². The number of carbonyl (C=O) groups excluding carboxylic acids is 2. The van der Waals surface area contributed by atoms with Gasteiger partial charge < -0.3 is 20.1 Å². The summed E-state index contributed by atoms with van der Waals surface area (Å²) in [5.74, 6) is 0.617. The van der Waals surface area contributed by atoms with Crippen molar-refractivity contribution in [3.05, 3.63) is 90.0 Å². The van der Waals surface area contributed by atoms with Gasteiger partial charge in [0.2, 0.25) is 0 Å². The Morgan fingerprint density at radius 1 is 0.857 bits per heavy atom. The summed E-state index contributed by atoms with van der Waals surface area (Å²) in [4.78, 5) is 25.1. The van der Waals surface area contributed by atoms with Crippen molar-refractivity contribution in [3.8, 4) is 11.5 Å². The van der Waals surface area contributed by atoms with Gasteiger partial charge in [-0.3, -0.25) is 14.9 Å². The third-order valence-electron chi connectivity index (χ3n) is 4.91. The molecule has 0 radical (unpaired) electrons. The van der Waals surface area contributed by atoms with Crippen molar-refractivity contribution in [1.82, 2.24) is 10.6 Å². The van der Waals surface area contributed by atoms with Gasteiger partial charge in [0.1, 0.15) is 24.7 Å². The van der Waals surface area contributed by atoms with Crippen LogP contribution in [0, 0.1) is 0 Å². The van der Waals surface area contributed by atoms with Crippen LogP contribution in [0.1, 0.15) is 40.5 Å². The molecule has 7 nitrogen and oxygen atoms in total. The molecule has 3 aromatic carbocycles. The number of ether oxygens (including phenoxy) is 2. The van der Waals surface area contributed by atoms with Crippen LogP contribution < -0.4 is 25.4 Å². The molecule has 0 heterocycles. The van der Waals surface area contributed by atoms with Gasteiger partial charge in [-0.25, -0.2) is 0 Å². The van der Waals surface area contributed by atoms with E-state index < -0.39 is 5.91 Å². The second-order valence-corrected chi connectivity index (χ2v) is 8.01. The first-order valence-electron chi connectivity index (χ1n) is 11.5. The van der Waals surface area contributed by atoms with E-state index in [1.54, 1.807) is 48.5 Å². The molecule has 0 aromatic heterocycles. The minimum Gasteiger partial charge on any atom is -0.490 e. The molecule has 2 amide bonds. The third-order valence-corrected chi connectivity index (χ3v) is 5.11. The average Bonchev–Trinajstić information content (AvgIpc) is 2.87. The number of thiocarbonyl (C=S) groups is 1. The van der Waals surface area contributed by atoms with Crippen LogP contribution in [-0.2, 0) is 0 Å². The minimum absolute atomic E-state index is 0.112. The summed E-state index contributed by atoms with van der Waals surface area (Å²) in [5, 5.41) is 8.61. The van der Waals surface area contributed by atoms with E-state index in [9.17, 15) is 9.59 Å². The number of unbranched alkanes of at least 4 members (excludes halogenated alkanes) is 1. The van der Waals surface area contributed by atoms with E-state index in [-0.39, 0.29) is 17.6 Å². The molecule has 8 heteroatoms. The number of carbonyl (C=O) groups is 2. The number of hydrogen-bond acceptors (Lipinski definition) is 5. The van der Waals surface area contributed by atoms with E-state index in [0.29, 0.717) is 35.7 Å². The standard InChI is InChI=1S/C27H29N3O4S/c1-2-3-16-28-25(31)20-10-9-11-21(19-20)29-27(35)30-26(32)23-14-7-8-15-24(23)34-18-17-33-22-12-5-4-6-13-22/h4-15,19H,2-3,16-18H2,1H3,(H,28,31)(H2,29,30,32,35). The Bertz CT molecular complexity index is 1140. The molecule has 0 bridgehead atoms. The predicted octanol–water partition coefficient (Wildman–Crippen LogP) is 4.80. The van der Waals surface area contributed by atoms with Gasteiger partial charge in [0.25, 0.3) is 11.8 Å². The number of benzene rings is 3. The van der Waals surface area contributed by atoms with Crippen molar-refractivity contribution < 1.29 is 19.1 Å². The van der Waals surface area contributed by atoms with Gasteiger partial charge in [-0.2, -0.15) is 0 Å². The first-order chi connectivity index (χ1) is 17.1. The van der Waals surface area contributed by atoms with Crippen molar-refractivity contribution in [2.45, 2.75) is 19.8 Å². The summed E-state index contributed by atoms with van der Waals surface area (Å²) in [6.45, 7) is 3.30. The maximum absolute atomic E-state index is 12.8. The highest BCUT2D eigenvalue weighted by atomic mass is 32.1. The highest BCUT2D eigenvalue weighted by Gasteiger charge is 2.14. The van der Waals surface area contributed by atoms with Crippen LogP contribution in [-0.4, -0.2) is 36.7 Å². The second-order valence-electron chi connectivity index (χ2n) is 7.60. The van der Waals surface area contributed by atoms with Crippen molar-refractivity contribution in [1.29, 1.82) is 0 Å². The molecule has 3 N–H and O–H groups in total. The zero-order valence-electron chi connectivity index (χ0n) is 19.6. The van der Waals surface area contributed by atoms with Gasteiger partial charge in [-0.15, -0.1) is 0 Å². The summed E-state index contributed by atoms with van der Waals surface area (Å²) in [6.07, 6.45) is 1.93. The maximum Gasteiger partial charge on any atom is 0.261 e. The number of nitrogens with one attached hydrogen (secondary N) is 3. The zero-order valence-corrected chi connectivity index (χ0v) is 20.4. The monoisotopic (exact) mass is 491 g/mol. The predicted molar refractivity (Wildman–Crippen MR) is 141 cm³/mol. The van der Waals surface area contributed by atoms with Crippen molar-refractivity contribution >= 4 is 34.8 Å². The van der Waals surface area contributed by atoms with Crippen LogP contribution in [0.4, 0.5) is 5.69 Å². The Balaban J connectivity index is 1.53. The van der Waals surface area contributed by atoms with Gasteiger partial charge in [0.15, 0.2) is 5.11 Å². The first kappa shape index (κ1) is 25.7. The van der Waals surface area contributed by atoms with Gasteiger partial charge >= 0.3 is 0 Å². The lowest BCUT2D eigenvalue weighted by Crippen LogP contribution is -2.34. The van der Waals surface area contributed by atoms with Gasteiger partial charge in [-0.05, 0) is 61.1 Å². The van der Waals surface area contributed by atoms with Crippen molar-refractivity contribution in [2.24, 2.45) is 0 Å². The van der Waals surface area contributed by atoms with E-state index in [1.807, 2.05) is 30.3 Å². The van der Waals surface area contributed by atoms with E-state index in [1.165, 1.54) is 0 Å². The molecule has 0 aliphatic heterocycles. The fraction of sp³-hybridized carbons (Fsp3) is 0.222. The van der Waals surface area contributed by atoms with Crippen LogP contribution in [0.5, 0.6) is 11.5 Å². The summed E-state index contributed by atoms with van der Waals surface area (Å²) < 4.78 is 11.4. The SMILES string of the molecule is CCCCNC(=O)c1cccc(NC(=S)NC(=O)c2ccccc2OCCOc2ccccc2)c1. The summed E-state index contributed by atoms with van der Waals surface area (Å²) in [6, 6.07) is 23.3. The largest absolute Gasteiger partial charge is 0.490 e. The molecular weight excluding hydrogens is 462 g/mol. The van der Waals surface area contributed by atoms with Crippen LogP contribution in [0.25, 0.3) is 0 Å². The molecule has 0 fully saturated rings. The summed E-state index contributed by atoms with van der Waals surface area (Å²) in [7, 11) is 0. The Labute approximate surface area is 210 Å². The molecule has 0 unspecified atom stereocenters. The van der Waals surface area contributed by atoms with Crippen LogP contribution in [0.2, 0.25) is 0 Å². The molecule has 35 heavy (non-hydrogen) atoms. The molecular formula is C27H29N3O4S. The molecule has 0 aliphatic carbocycles. The third kappa shape index (κ3) is 8.42. The molecule has 3 rings (SSSR count). The van der Waals surface area contributed by atoms with Crippen LogP contribution in [0.15, 0.2) is 78.9 Å². The highest BCUT2D eigenvalue weighted by Crippen LogP contribution is 2.18. The minimum atomic E-state index is -0.407. The molecule has 0 saturated carbocycles. The zero-order chi connectivity index (χ0) is 24.9.